The van der Waals surface area contributed by atoms with E-state index >= 15 is 0 Å². The lowest BCUT2D eigenvalue weighted by molar-refractivity contribution is 0.581. The molecule has 1 aliphatic rings. The molecule has 2 unspecified atom stereocenters. The molecule has 20 heavy (non-hydrogen) atoms. The Bertz CT molecular complexity index is 758. The van der Waals surface area contributed by atoms with Gasteiger partial charge >= 0.3 is 0 Å². The molecule has 1 saturated heterocycles. The van der Waals surface area contributed by atoms with Crippen LogP contribution in [0.5, 0.6) is 0 Å². The van der Waals surface area contributed by atoms with E-state index in [1.165, 1.54) is 0 Å². The molecule has 2 aromatic rings. The Morgan fingerprint density at radius 3 is 2.50 bits per heavy atom. The first kappa shape index (κ1) is 14.4. The molecule has 106 valence electrons. The summed E-state index contributed by atoms with van der Waals surface area (Å²) in [6, 6.07) is 11.8. The van der Waals surface area contributed by atoms with Gasteiger partial charge in [-0.15, -0.1) is 0 Å². The van der Waals surface area contributed by atoms with Gasteiger partial charge in [0.15, 0.2) is 9.84 Å². The van der Waals surface area contributed by atoms with E-state index in [0.29, 0.717) is 5.75 Å². The van der Waals surface area contributed by atoms with Crippen LogP contribution in [0.1, 0.15) is 16.8 Å². The van der Waals surface area contributed by atoms with Crippen LogP contribution in [-0.2, 0) is 9.84 Å². The molecule has 0 aromatic heterocycles. The fraction of sp³-hybridized carbons (Fsp3) is 0.333. The fourth-order valence-corrected chi connectivity index (χ4v) is 6.00. The molecule has 1 heterocycles. The Morgan fingerprint density at radius 1 is 1.15 bits per heavy atom. The predicted octanol–water partition coefficient (Wildman–Crippen LogP) is 4.36. The predicted molar refractivity (Wildman–Crippen MR) is 87.4 cm³/mol. The van der Waals surface area contributed by atoms with Crippen LogP contribution < -0.4 is 0 Å². The lowest BCUT2D eigenvalue weighted by Gasteiger charge is -2.19. The highest BCUT2D eigenvalue weighted by Crippen LogP contribution is 2.41. The van der Waals surface area contributed by atoms with E-state index in [1.807, 2.05) is 36.4 Å². The van der Waals surface area contributed by atoms with Crippen molar-refractivity contribution in [1.29, 1.82) is 0 Å². The van der Waals surface area contributed by atoms with Crippen molar-refractivity contribution in [1.82, 2.24) is 0 Å². The minimum Gasteiger partial charge on any atom is -0.229 e. The highest BCUT2D eigenvalue weighted by Gasteiger charge is 2.33. The lowest BCUT2D eigenvalue weighted by atomic mass is 9.94. The van der Waals surface area contributed by atoms with E-state index in [4.69, 9.17) is 11.6 Å². The van der Waals surface area contributed by atoms with Gasteiger partial charge in [-0.25, -0.2) is 8.42 Å². The standard InChI is InChI=1S/C15H14BrClO2S/c16-15(10-7-8-20(18,19)9-10)13-5-6-14(17)12-4-2-1-3-11(12)13/h1-6,10,15H,7-9H2. The van der Waals surface area contributed by atoms with Gasteiger partial charge in [0.2, 0.25) is 0 Å². The Morgan fingerprint density at radius 2 is 1.85 bits per heavy atom. The number of halogens is 2. The van der Waals surface area contributed by atoms with Gasteiger partial charge < -0.3 is 0 Å². The monoisotopic (exact) mass is 372 g/mol. The molecule has 0 amide bonds. The molecular formula is C15H14BrClO2S. The van der Waals surface area contributed by atoms with Gasteiger partial charge in [0, 0.05) is 15.2 Å². The van der Waals surface area contributed by atoms with Gasteiger partial charge in [-0.2, -0.15) is 0 Å². The maximum Gasteiger partial charge on any atom is 0.150 e. The molecule has 1 aliphatic heterocycles. The minimum atomic E-state index is -2.87. The van der Waals surface area contributed by atoms with Crippen LogP contribution in [0.15, 0.2) is 36.4 Å². The average molecular weight is 374 g/mol. The fourth-order valence-electron chi connectivity index (χ4n) is 2.83. The Kier molecular flexibility index (Phi) is 3.82. The second kappa shape index (κ2) is 5.32. The summed E-state index contributed by atoms with van der Waals surface area (Å²) in [7, 11) is -2.87. The smallest absolute Gasteiger partial charge is 0.150 e. The zero-order valence-corrected chi connectivity index (χ0v) is 13.9. The van der Waals surface area contributed by atoms with Crippen molar-refractivity contribution in [3.63, 3.8) is 0 Å². The number of alkyl halides is 1. The van der Waals surface area contributed by atoms with Crippen LogP contribution in [0, 0.1) is 5.92 Å². The zero-order chi connectivity index (χ0) is 14.3. The van der Waals surface area contributed by atoms with Crippen molar-refractivity contribution in [2.24, 2.45) is 5.92 Å². The van der Waals surface area contributed by atoms with Crippen molar-refractivity contribution in [3.05, 3.63) is 47.0 Å². The van der Waals surface area contributed by atoms with E-state index in [0.717, 1.165) is 27.8 Å². The van der Waals surface area contributed by atoms with Crippen molar-refractivity contribution in [2.75, 3.05) is 11.5 Å². The largest absolute Gasteiger partial charge is 0.229 e. The minimum absolute atomic E-state index is 0.0435. The van der Waals surface area contributed by atoms with Crippen LogP contribution >= 0.6 is 27.5 Å². The van der Waals surface area contributed by atoms with E-state index in [2.05, 4.69) is 15.9 Å². The summed E-state index contributed by atoms with van der Waals surface area (Å²) in [5.41, 5.74) is 1.12. The molecule has 0 aliphatic carbocycles. The summed E-state index contributed by atoms with van der Waals surface area (Å²) >= 11 is 9.93. The van der Waals surface area contributed by atoms with Crippen LogP contribution in [0.25, 0.3) is 10.8 Å². The van der Waals surface area contributed by atoms with Crippen LogP contribution in [0.2, 0.25) is 5.02 Å². The summed E-state index contributed by atoms with van der Waals surface area (Å²) in [6.45, 7) is 0. The Balaban J connectivity index is 2.04. The maximum atomic E-state index is 11.7. The number of sulfone groups is 1. The van der Waals surface area contributed by atoms with Crippen molar-refractivity contribution in [3.8, 4) is 0 Å². The summed E-state index contributed by atoms with van der Waals surface area (Å²) in [5.74, 6) is 0.690. The van der Waals surface area contributed by atoms with Crippen LogP contribution in [0.4, 0.5) is 0 Å². The molecule has 0 spiro atoms. The first-order valence-corrected chi connectivity index (χ1v) is 9.61. The number of benzene rings is 2. The molecule has 2 atom stereocenters. The normalized spacial score (nSPS) is 23.0. The van der Waals surface area contributed by atoms with Gasteiger partial charge in [-0.05, 0) is 29.4 Å². The topological polar surface area (TPSA) is 34.1 Å². The van der Waals surface area contributed by atoms with Gasteiger partial charge in [-0.1, -0.05) is 57.9 Å². The number of hydrogen-bond acceptors (Lipinski definition) is 2. The third-order valence-electron chi connectivity index (χ3n) is 3.88. The van der Waals surface area contributed by atoms with E-state index < -0.39 is 9.84 Å². The number of rotatable bonds is 2. The molecule has 0 saturated carbocycles. The second-order valence-electron chi connectivity index (χ2n) is 5.25. The quantitative estimate of drug-likeness (QED) is 0.733. The van der Waals surface area contributed by atoms with Gasteiger partial charge in [-0.3, -0.25) is 0 Å². The Labute approximate surface area is 132 Å². The van der Waals surface area contributed by atoms with Gasteiger partial charge in [0.25, 0.3) is 0 Å². The van der Waals surface area contributed by atoms with E-state index in [1.54, 1.807) is 0 Å². The second-order valence-corrected chi connectivity index (χ2v) is 8.87. The van der Waals surface area contributed by atoms with Crippen molar-refractivity contribution >= 4 is 48.1 Å². The van der Waals surface area contributed by atoms with Gasteiger partial charge in [0.05, 0.1) is 11.5 Å². The number of fused-ring (bicyclic) bond motifs is 1. The molecule has 0 bridgehead atoms. The van der Waals surface area contributed by atoms with Gasteiger partial charge in [0.1, 0.15) is 0 Å². The summed E-state index contributed by atoms with van der Waals surface area (Å²) in [6.07, 6.45) is 0.717. The molecule has 5 heteroatoms. The average Bonchev–Trinajstić information content (AvgIpc) is 2.79. The highest BCUT2D eigenvalue weighted by atomic mass is 79.9. The maximum absolute atomic E-state index is 11.7. The molecule has 0 radical (unpaired) electrons. The lowest BCUT2D eigenvalue weighted by Crippen LogP contribution is -2.10. The zero-order valence-electron chi connectivity index (χ0n) is 10.7. The summed E-state index contributed by atoms with van der Waals surface area (Å²) < 4.78 is 23.3. The first-order chi connectivity index (χ1) is 9.48. The Hall–Kier alpha value is -0.580. The molecule has 2 nitrogen and oxygen atoms in total. The molecule has 2 aromatic carbocycles. The molecule has 1 fully saturated rings. The molecular weight excluding hydrogens is 360 g/mol. The van der Waals surface area contributed by atoms with Crippen LogP contribution in [-0.4, -0.2) is 19.9 Å². The van der Waals surface area contributed by atoms with E-state index in [-0.39, 0.29) is 16.5 Å². The summed E-state index contributed by atoms with van der Waals surface area (Å²) in [5, 5.41) is 2.83. The van der Waals surface area contributed by atoms with Crippen molar-refractivity contribution in [2.45, 2.75) is 11.2 Å². The molecule has 0 N–H and O–H groups in total. The highest BCUT2D eigenvalue weighted by molar-refractivity contribution is 9.09. The molecule has 3 rings (SSSR count). The third kappa shape index (κ3) is 2.61. The van der Waals surface area contributed by atoms with E-state index in [9.17, 15) is 8.42 Å². The third-order valence-corrected chi connectivity index (χ3v) is 7.25. The summed E-state index contributed by atoms with van der Waals surface area (Å²) in [4.78, 5) is 0.0435. The first-order valence-electron chi connectivity index (χ1n) is 6.49. The van der Waals surface area contributed by atoms with Crippen LogP contribution in [0.3, 0.4) is 0 Å². The SMILES string of the molecule is O=S1(=O)CCC(C(Br)c2ccc(Cl)c3ccccc23)C1. The van der Waals surface area contributed by atoms with Crippen molar-refractivity contribution < 1.29 is 8.42 Å². The number of hydrogen-bond donors (Lipinski definition) is 0.